The van der Waals surface area contributed by atoms with E-state index in [2.05, 4.69) is 5.32 Å². The van der Waals surface area contributed by atoms with E-state index in [4.69, 9.17) is 15.6 Å². The maximum absolute atomic E-state index is 10.9. The van der Waals surface area contributed by atoms with E-state index < -0.39 is 54.7 Å². The summed E-state index contributed by atoms with van der Waals surface area (Å²) < 4.78 is 4.69. The number of aliphatic hydroxyl groups is 6. The summed E-state index contributed by atoms with van der Waals surface area (Å²) >= 11 is 0. The predicted octanol–water partition coefficient (Wildman–Crippen LogP) is -4.84. The maximum Gasteiger partial charge on any atom is 0.364 e. The van der Waals surface area contributed by atoms with Crippen LogP contribution in [0.2, 0.25) is 0 Å². The van der Waals surface area contributed by atoms with Crippen LogP contribution in [0.25, 0.3) is 0 Å². The molecular formula is C10H20N2O9. The van der Waals surface area contributed by atoms with Crippen LogP contribution in [-0.4, -0.2) is 84.0 Å². The van der Waals surface area contributed by atoms with Gasteiger partial charge in [-0.05, 0) is 6.92 Å². The van der Waals surface area contributed by atoms with Gasteiger partial charge in [0, 0.05) is 6.42 Å². The monoisotopic (exact) mass is 312 g/mol. The zero-order valence-corrected chi connectivity index (χ0v) is 11.1. The SMILES string of the molecule is CC(O)C(N)(O)NC1C(O)CC(O)(C(=O)O)OC1C(O)O. The number of aliphatic carboxylic acids is 1. The molecule has 0 aliphatic carbocycles. The van der Waals surface area contributed by atoms with Gasteiger partial charge in [0.25, 0.3) is 5.79 Å². The zero-order chi connectivity index (χ0) is 16.6. The molecule has 21 heavy (non-hydrogen) atoms. The quantitative estimate of drug-likeness (QED) is 0.220. The van der Waals surface area contributed by atoms with Crippen molar-refractivity contribution in [3.8, 4) is 0 Å². The molecule has 0 aromatic carbocycles. The first-order valence-electron chi connectivity index (χ1n) is 6.05. The van der Waals surface area contributed by atoms with Crippen LogP contribution in [0.3, 0.4) is 0 Å². The van der Waals surface area contributed by atoms with E-state index in [0.29, 0.717) is 0 Å². The van der Waals surface area contributed by atoms with Crippen LogP contribution in [0.1, 0.15) is 13.3 Å². The average molecular weight is 312 g/mol. The molecule has 10 N–H and O–H groups in total. The number of hydrogen-bond acceptors (Lipinski definition) is 10. The molecule has 1 aliphatic heterocycles. The second kappa shape index (κ2) is 6.08. The van der Waals surface area contributed by atoms with E-state index in [9.17, 15) is 35.4 Å². The molecule has 1 fully saturated rings. The van der Waals surface area contributed by atoms with Crippen LogP contribution in [0.4, 0.5) is 0 Å². The van der Waals surface area contributed by atoms with Crippen molar-refractivity contribution in [2.24, 2.45) is 5.73 Å². The fourth-order valence-electron chi connectivity index (χ4n) is 1.93. The Kier molecular flexibility index (Phi) is 5.26. The van der Waals surface area contributed by atoms with Gasteiger partial charge in [-0.1, -0.05) is 0 Å². The smallest absolute Gasteiger partial charge is 0.364 e. The van der Waals surface area contributed by atoms with Crippen LogP contribution >= 0.6 is 0 Å². The van der Waals surface area contributed by atoms with Crippen LogP contribution in [0.15, 0.2) is 0 Å². The van der Waals surface area contributed by atoms with Crippen molar-refractivity contribution < 1.29 is 45.3 Å². The summed E-state index contributed by atoms with van der Waals surface area (Å²) in [7, 11) is 0. The van der Waals surface area contributed by atoms with Crippen LogP contribution in [0.5, 0.6) is 0 Å². The standard InChI is InChI=1S/C10H20N2O9/c1-3(13)10(11,20)12-5-4(14)2-9(19,8(17)18)21-6(5)7(15)16/h3-7,12-16,19-20H,2,11H2,1H3,(H,17,18). The minimum absolute atomic E-state index is 0.820. The number of ether oxygens (including phenoxy) is 1. The Balaban J connectivity index is 3.01. The second-order valence-corrected chi connectivity index (χ2v) is 5.03. The van der Waals surface area contributed by atoms with E-state index in [1.54, 1.807) is 0 Å². The van der Waals surface area contributed by atoms with Gasteiger partial charge >= 0.3 is 5.97 Å². The van der Waals surface area contributed by atoms with E-state index in [1.807, 2.05) is 0 Å². The van der Waals surface area contributed by atoms with E-state index in [-0.39, 0.29) is 0 Å². The zero-order valence-electron chi connectivity index (χ0n) is 11.1. The minimum atomic E-state index is -2.83. The molecule has 1 rings (SSSR count). The lowest BCUT2D eigenvalue weighted by atomic mass is 9.92. The fraction of sp³-hybridized carbons (Fsp3) is 0.900. The van der Waals surface area contributed by atoms with Crippen molar-refractivity contribution in [2.45, 2.75) is 55.6 Å². The molecule has 11 nitrogen and oxygen atoms in total. The molecule has 6 atom stereocenters. The van der Waals surface area contributed by atoms with Gasteiger partial charge in [-0.25, -0.2) is 4.79 Å². The molecule has 0 radical (unpaired) electrons. The molecule has 1 aliphatic rings. The van der Waals surface area contributed by atoms with Crippen LogP contribution in [-0.2, 0) is 9.53 Å². The third kappa shape index (κ3) is 3.85. The molecule has 0 bridgehead atoms. The number of aliphatic hydroxyl groups excluding tert-OH is 3. The predicted molar refractivity (Wildman–Crippen MR) is 64.0 cm³/mol. The number of carboxylic acids is 1. The Bertz CT molecular complexity index is 389. The van der Waals surface area contributed by atoms with E-state index in [1.165, 1.54) is 0 Å². The first-order chi connectivity index (χ1) is 9.40. The third-order valence-electron chi connectivity index (χ3n) is 3.25. The van der Waals surface area contributed by atoms with E-state index in [0.717, 1.165) is 6.92 Å². The molecular weight excluding hydrogens is 292 g/mol. The molecule has 6 unspecified atom stereocenters. The highest BCUT2D eigenvalue weighted by Gasteiger charge is 2.54. The molecule has 0 aromatic rings. The van der Waals surface area contributed by atoms with Crippen molar-refractivity contribution in [2.75, 3.05) is 0 Å². The highest BCUT2D eigenvalue weighted by molar-refractivity contribution is 5.75. The van der Waals surface area contributed by atoms with Gasteiger partial charge in [0.05, 0.1) is 12.1 Å². The molecule has 11 heteroatoms. The number of carbonyl (C=O) groups is 1. The maximum atomic E-state index is 10.9. The Hall–Kier alpha value is -0.890. The first kappa shape index (κ1) is 18.2. The van der Waals surface area contributed by atoms with Crippen molar-refractivity contribution in [3.05, 3.63) is 0 Å². The molecule has 1 saturated heterocycles. The van der Waals surface area contributed by atoms with Gasteiger partial charge in [0.2, 0.25) is 0 Å². The Morgan fingerprint density at radius 2 is 2.00 bits per heavy atom. The Labute approximate surface area is 119 Å². The van der Waals surface area contributed by atoms with E-state index >= 15 is 0 Å². The van der Waals surface area contributed by atoms with Crippen LogP contribution < -0.4 is 11.1 Å². The Morgan fingerprint density at radius 1 is 1.48 bits per heavy atom. The largest absolute Gasteiger partial charge is 0.477 e. The first-order valence-corrected chi connectivity index (χ1v) is 6.05. The highest BCUT2D eigenvalue weighted by Crippen LogP contribution is 2.30. The summed E-state index contributed by atoms with van der Waals surface area (Å²) in [6.45, 7) is 1.13. The molecule has 0 saturated carbocycles. The van der Waals surface area contributed by atoms with Gasteiger partial charge in [0.1, 0.15) is 12.2 Å². The number of nitrogens with one attached hydrogen (secondary N) is 1. The molecule has 0 spiro atoms. The van der Waals surface area contributed by atoms with Gasteiger partial charge < -0.3 is 40.5 Å². The summed E-state index contributed by atoms with van der Waals surface area (Å²) in [5.41, 5.74) is 5.33. The van der Waals surface area contributed by atoms with Gasteiger partial charge in [-0.15, -0.1) is 0 Å². The summed E-state index contributed by atoms with van der Waals surface area (Å²) in [6.07, 6.45) is -8.13. The summed E-state index contributed by atoms with van der Waals surface area (Å²) in [5, 5.41) is 67.9. The van der Waals surface area contributed by atoms with Gasteiger partial charge in [0.15, 0.2) is 12.1 Å². The summed E-state index contributed by atoms with van der Waals surface area (Å²) in [4.78, 5) is 10.9. The molecule has 124 valence electrons. The van der Waals surface area contributed by atoms with Crippen LogP contribution in [0, 0.1) is 0 Å². The third-order valence-corrected chi connectivity index (χ3v) is 3.25. The average Bonchev–Trinajstić information content (AvgIpc) is 2.31. The Morgan fingerprint density at radius 3 is 2.38 bits per heavy atom. The second-order valence-electron chi connectivity index (χ2n) is 5.03. The van der Waals surface area contributed by atoms with Crippen molar-refractivity contribution in [1.29, 1.82) is 0 Å². The number of rotatable bonds is 5. The molecule has 0 amide bonds. The number of nitrogens with two attached hydrogens (primary N) is 1. The van der Waals surface area contributed by atoms with Gasteiger partial charge in [-0.2, -0.15) is 0 Å². The lowest BCUT2D eigenvalue weighted by molar-refractivity contribution is -0.313. The molecule has 0 aromatic heterocycles. The van der Waals surface area contributed by atoms with Gasteiger partial charge in [-0.3, -0.25) is 11.1 Å². The van der Waals surface area contributed by atoms with Crippen molar-refractivity contribution in [1.82, 2.24) is 5.32 Å². The number of hydrogen-bond donors (Lipinski definition) is 9. The molecule has 1 heterocycles. The minimum Gasteiger partial charge on any atom is -0.477 e. The lowest BCUT2D eigenvalue weighted by Crippen LogP contribution is -2.72. The normalized spacial score (nSPS) is 38.0. The highest BCUT2D eigenvalue weighted by atomic mass is 16.7. The topological polar surface area (TPSA) is 206 Å². The lowest BCUT2D eigenvalue weighted by Gasteiger charge is -2.45. The fourth-order valence-corrected chi connectivity index (χ4v) is 1.93. The van der Waals surface area contributed by atoms with Crippen molar-refractivity contribution >= 4 is 5.97 Å². The summed E-state index contributed by atoms with van der Waals surface area (Å²) in [6, 6.07) is -1.46. The van der Waals surface area contributed by atoms with Crippen molar-refractivity contribution in [3.63, 3.8) is 0 Å². The summed E-state index contributed by atoms with van der Waals surface area (Å²) in [5.74, 6) is -7.08. The number of carboxylic acid groups (broad SMARTS) is 1.